The summed E-state index contributed by atoms with van der Waals surface area (Å²) < 4.78 is 85.6. The Morgan fingerprint density at radius 1 is 1.18 bits per heavy atom. The van der Waals surface area contributed by atoms with Crippen LogP contribution in [0, 0.1) is 0 Å². The molecule has 3 rings (SSSR count). The number of nitrogens with one attached hydrogen (secondary N) is 1. The van der Waals surface area contributed by atoms with E-state index < -0.39 is 36.2 Å². The summed E-state index contributed by atoms with van der Waals surface area (Å²) in [5.41, 5.74) is 0.312. The Labute approximate surface area is 185 Å². The summed E-state index contributed by atoms with van der Waals surface area (Å²) in [6.07, 6.45) is -7.07. The maximum atomic E-state index is 12.9. The molecule has 6 nitrogen and oxygen atoms in total. The van der Waals surface area contributed by atoms with E-state index in [1.807, 2.05) is 0 Å². The van der Waals surface area contributed by atoms with Crippen LogP contribution in [0.2, 0.25) is 0 Å². The molecule has 2 aromatic rings. The molecule has 1 heterocycles. The van der Waals surface area contributed by atoms with E-state index >= 15 is 0 Å². The lowest BCUT2D eigenvalue weighted by molar-refractivity contribution is -0.357. The molecule has 0 radical (unpaired) electrons. The number of hydrogen-bond acceptors (Lipinski definition) is 4. The molecular formula is C21H21F6N3O3. The first kappa shape index (κ1) is 24.8. The van der Waals surface area contributed by atoms with Crippen molar-refractivity contribution in [2.75, 3.05) is 6.61 Å². The van der Waals surface area contributed by atoms with Gasteiger partial charge in [-0.25, -0.2) is 4.98 Å². The average Bonchev–Trinajstić information content (AvgIpc) is 3.16. The molecule has 1 aliphatic rings. The molecule has 1 aromatic carbocycles. The van der Waals surface area contributed by atoms with Crippen LogP contribution >= 0.6 is 0 Å². The summed E-state index contributed by atoms with van der Waals surface area (Å²) in [5, 5.41) is 2.54. The number of benzene rings is 1. The highest BCUT2D eigenvalue weighted by molar-refractivity contribution is 5.78. The zero-order chi connectivity index (χ0) is 24.2. The van der Waals surface area contributed by atoms with Gasteiger partial charge in [0.2, 0.25) is 5.91 Å². The number of amides is 1. The third kappa shape index (κ3) is 7.60. The minimum absolute atomic E-state index is 0.0581. The lowest BCUT2D eigenvalue weighted by Crippen LogP contribution is -2.42. The number of nitrogens with zero attached hydrogens (tertiary/aromatic N) is 2. The number of ether oxygens (including phenoxy) is 2. The Kier molecular flexibility index (Phi) is 7.48. The van der Waals surface area contributed by atoms with Gasteiger partial charge in [0.05, 0.1) is 29.8 Å². The second-order valence-corrected chi connectivity index (χ2v) is 7.57. The fraction of sp³-hybridized carbons (Fsp3) is 0.429. The molecule has 12 heteroatoms. The van der Waals surface area contributed by atoms with Crippen LogP contribution in [0.15, 0.2) is 49.1 Å². The Morgan fingerprint density at radius 3 is 2.58 bits per heavy atom. The average molecular weight is 477 g/mol. The smallest absolute Gasteiger partial charge is 0.368 e. The monoisotopic (exact) mass is 477 g/mol. The van der Waals surface area contributed by atoms with Gasteiger partial charge >= 0.3 is 12.5 Å². The van der Waals surface area contributed by atoms with Gasteiger partial charge in [0.1, 0.15) is 6.61 Å². The van der Waals surface area contributed by atoms with Gasteiger partial charge in [0.25, 0.3) is 0 Å². The van der Waals surface area contributed by atoms with Gasteiger partial charge in [-0.15, -0.1) is 13.2 Å². The molecule has 1 N–H and O–H groups in total. The van der Waals surface area contributed by atoms with Crippen LogP contribution in [0.25, 0.3) is 11.3 Å². The summed E-state index contributed by atoms with van der Waals surface area (Å²) in [7, 11) is 0. The van der Waals surface area contributed by atoms with Crippen molar-refractivity contribution in [3.63, 3.8) is 0 Å². The maximum absolute atomic E-state index is 12.9. The molecule has 0 unspecified atom stereocenters. The Balaban J connectivity index is 1.38. The van der Waals surface area contributed by atoms with E-state index in [4.69, 9.17) is 4.74 Å². The summed E-state index contributed by atoms with van der Waals surface area (Å²) >= 11 is 0. The molecule has 1 saturated carbocycles. The number of halogens is 6. The molecule has 180 valence electrons. The van der Waals surface area contributed by atoms with Crippen LogP contribution in [0.3, 0.4) is 0 Å². The topological polar surface area (TPSA) is 65.4 Å². The van der Waals surface area contributed by atoms with Crippen LogP contribution in [0.1, 0.15) is 24.8 Å². The van der Waals surface area contributed by atoms with Gasteiger partial charge in [-0.1, -0.05) is 18.7 Å². The quantitative estimate of drug-likeness (QED) is 0.533. The molecule has 0 aliphatic heterocycles. The van der Waals surface area contributed by atoms with Crippen molar-refractivity contribution in [1.29, 1.82) is 0 Å². The molecular weight excluding hydrogens is 456 g/mol. The number of carbonyl (C=O) groups excluding carboxylic acids is 1. The second kappa shape index (κ2) is 9.96. The standard InChI is InChI=1S/C21H21F6N3O3/c1-13(29-19(31)11-32-16-8-17(9-16)33-21(25,26)27)5-6-30-10-18(28-12-30)14-3-2-4-15(7-14)20(22,23)24/h2-4,7,10,12,16-17H,1,5-6,8-9,11H2,(H,29,31). The molecule has 1 aromatic heterocycles. The third-order valence-corrected chi connectivity index (χ3v) is 4.91. The number of imidazole rings is 1. The first-order chi connectivity index (χ1) is 15.4. The van der Waals surface area contributed by atoms with E-state index in [0.717, 1.165) is 12.1 Å². The number of aryl methyl sites for hydroxylation is 1. The summed E-state index contributed by atoms with van der Waals surface area (Å²) in [6, 6.07) is 4.84. The van der Waals surface area contributed by atoms with Crippen molar-refractivity contribution in [2.24, 2.45) is 0 Å². The SMILES string of the molecule is C=C(CCn1cnc(-c2cccc(C(F)(F)F)c2)c1)NC(=O)COC1CC(OC(F)(F)F)C1. The predicted molar refractivity (Wildman–Crippen MR) is 104 cm³/mol. The van der Waals surface area contributed by atoms with Crippen molar-refractivity contribution in [1.82, 2.24) is 14.9 Å². The van der Waals surface area contributed by atoms with E-state index in [0.29, 0.717) is 29.9 Å². The van der Waals surface area contributed by atoms with Crippen molar-refractivity contribution >= 4 is 5.91 Å². The number of allylic oxidation sites excluding steroid dienone is 1. The van der Waals surface area contributed by atoms with Crippen LogP contribution < -0.4 is 5.32 Å². The molecule has 0 saturated heterocycles. The molecule has 0 bridgehead atoms. The molecule has 1 fully saturated rings. The number of aromatic nitrogens is 2. The molecule has 33 heavy (non-hydrogen) atoms. The van der Waals surface area contributed by atoms with Crippen LogP contribution in [-0.2, 0) is 27.0 Å². The minimum Gasteiger partial charge on any atom is -0.368 e. The normalized spacial score (nSPS) is 18.6. The van der Waals surface area contributed by atoms with Gasteiger partial charge in [-0.05, 0) is 12.1 Å². The number of alkyl halides is 6. The highest BCUT2D eigenvalue weighted by Crippen LogP contribution is 2.32. The summed E-state index contributed by atoms with van der Waals surface area (Å²) in [4.78, 5) is 16.0. The molecule has 1 aliphatic carbocycles. The van der Waals surface area contributed by atoms with Crippen molar-refractivity contribution in [3.05, 3.63) is 54.6 Å². The number of hydrogen-bond donors (Lipinski definition) is 1. The van der Waals surface area contributed by atoms with Gasteiger partial charge < -0.3 is 14.6 Å². The predicted octanol–water partition coefficient (Wildman–Crippen LogP) is 4.67. The van der Waals surface area contributed by atoms with Crippen molar-refractivity contribution < 1.29 is 40.6 Å². The van der Waals surface area contributed by atoms with Gasteiger partial charge in [0.15, 0.2) is 0 Å². The first-order valence-electron chi connectivity index (χ1n) is 9.92. The van der Waals surface area contributed by atoms with Gasteiger partial charge in [-0.3, -0.25) is 9.53 Å². The molecule has 0 atom stereocenters. The van der Waals surface area contributed by atoms with Crippen molar-refractivity contribution in [3.8, 4) is 11.3 Å². The molecule has 0 spiro atoms. The molecule has 1 amide bonds. The van der Waals surface area contributed by atoms with E-state index in [-0.39, 0.29) is 19.4 Å². The van der Waals surface area contributed by atoms with Crippen LogP contribution in [-0.4, -0.2) is 40.6 Å². The maximum Gasteiger partial charge on any atom is 0.522 e. The van der Waals surface area contributed by atoms with Gasteiger partial charge in [-0.2, -0.15) is 13.2 Å². The van der Waals surface area contributed by atoms with E-state index in [2.05, 4.69) is 21.6 Å². The summed E-state index contributed by atoms with van der Waals surface area (Å²) in [6.45, 7) is 3.78. The zero-order valence-corrected chi connectivity index (χ0v) is 17.2. The lowest BCUT2D eigenvalue weighted by Gasteiger charge is -2.34. The van der Waals surface area contributed by atoms with Crippen LogP contribution in [0.5, 0.6) is 0 Å². The highest BCUT2D eigenvalue weighted by atomic mass is 19.4. The Hall–Kier alpha value is -2.86. The zero-order valence-electron chi connectivity index (χ0n) is 17.2. The van der Waals surface area contributed by atoms with Crippen LogP contribution in [0.4, 0.5) is 26.3 Å². The largest absolute Gasteiger partial charge is 0.522 e. The van der Waals surface area contributed by atoms with E-state index in [9.17, 15) is 31.1 Å². The Bertz CT molecular complexity index is 980. The minimum atomic E-state index is -4.69. The third-order valence-electron chi connectivity index (χ3n) is 4.91. The van der Waals surface area contributed by atoms with Crippen molar-refractivity contribution in [2.45, 2.75) is 50.6 Å². The van der Waals surface area contributed by atoms with Gasteiger partial charge in [0, 0.05) is 43.3 Å². The number of carbonyl (C=O) groups is 1. The number of rotatable bonds is 9. The lowest BCUT2D eigenvalue weighted by atomic mass is 9.92. The van der Waals surface area contributed by atoms with E-state index in [1.165, 1.54) is 18.5 Å². The van der Waals surface area contributed by atoms with E-state index in [1.54, 1.807) is 10.8 Å². The highest BCUT2D eigenvalue weighted by Gasteiger charge is 2.40. The Morgan fingerprint density at radius 2 is 1.91 bits per heavy atom. The summed E-state index contributed by atoms with van der Waals surface area (Å²) in [5.74, 6) is -0.490. The first-order valence-corrected chi connectivity index (χ1v) is 9.92. The second-order valence-electron chi connectivity index (χ2n) is 7.57. The fourth-order valence-corrected chi connectivity index (χ4v) is 3.18. The fourth-order valence-electron chi connectivity index (χ4n) is 3.18.